The van der Waals surface area contributed by atoms with E-state index in [4.69, 9.17) is 4.74 Å². The van der Waals surface area contributed by atoms with Crippen molar-refractivity contribution in [3.8, 4) is 11.4 Å². The number of aromatic nitrogens is 3. The number of ether oxygens (including phenoxy) is 1. The van der Waals surface area contributed by atoms with Crippen molar-refractivity contribution in [2.45, 2.75) is 13.7 Å². The molecule has 0 aromatic carbocycles. The molecule has 2 aromatic rings. The number of carboxylic acids is 1. The van der Waals surface area contributed by atoms with Crippen molar-refractivity contribution in [1.29, 1.82) is 0 Å². The van der Waals surface area contributed by atoms with Crippen LogP contribution >= 0.6 is 10.0 Å². The van der Waals surface area contributed by atoms with Crippen molar-refractivity contribution in [3.63, 3.8) is 0 Å². The molecule has 1 N–H and O–H groups in total. The lowest BCUT2D eigenvalue weighted by Crippen LogP contribution is -2.10. The van der Waals surface area contributed by atoms with Gasteiger partial charge in [-0.1, -0.05) is 6.07 Å². The van der Waals surface area contributed by atoms with Crippen molar-refractivity contribution in [2.75, 3.05) is 31.1 Å². The summed E-state index contributed by atoms with van der Waals surface area (Å²) in [6.07, 6.45) is 8.18. The van der Waals surface area contributed by atoms with E-state index < -0.39 is 16.0 Å². The third-order valence-corrected chi connectivity index (χ3v) is 4.58. The van der Waals surface area contributed by atoms with Crippen LogP contribution in [0.1, 0.15) is 16.1 Å². The van der Waals surface area contributed by atoms with Crippen LogP contribution in [0, 0.1) is 6.92 Å². The van der Waals surface area contributed by atoms with Gasteiger partial charge in [-0.25, -0.2) is 19.5 Å². The van der Waals surface area contributed by atoms with E-state index in [1.54, 1.807) is 6.07 Å². The number of nitrogens with zero attached hydrogens (tertiary/aromatic N) is 3. The molecule has 2 aromatic heterocycles. The van der Waals surface area contributed by atoms with Gasteiger partial charge in [-0.15, -0.1) is 0 Å². The van der Waals surface area contributed by atoms with Crippen LogP contribution in [-0.2, 0) is 11.5 Å². The number of aromatic carboxylic acids is 1. The number of pyridine rings is 1. The number of hydrogen-bond donors (Lipinski definition) is 1. The molecule has 0 aliphatic rings. The van der Waals surface area contributed by atoms with E-state index >= 15 is 0 Å². The highest BCUT2D eigenvalue weighted by Crippen LogP contribution is 2.33. The minimum Gasteiger partial charge on any atom is -0.478 e. The van der Waals surface area contributed by atoms with Crippen LogP contribution in [0.2, 0.25) is 0 Å². The minimum absolute atomic E-state index is 0.133. The van der Waals surface area contributed by atoms with Gasteiger partial charge < -0.3 is 9.84 Å². The molecule has 0 aliphatic carbocycles. The first-order valence-electron chi connectivity index (χ1n) is 7.25. The number of rotatable bonds is 7. The fourth-order valence-corrected chi connectivity index (χ4v) is 2.59. The van der Waals surface area contributed by atoms with Gasteiger partial charge in [-0.3, -0.25) is 4.98 Å². The van der Waals surface area contributed by atoms with Gasteiger partial charge in [0.25, 0.3) is 0 Å². The van der Waals surface area contributed by atoms with Gasteiger partial charge in [-0.05, 0) is 37.8 Å². The Morgan fingerprint density at radius 2 is 2.09 bits per heavy atom. The van der Waals surface area contributed by atoms with Gasteiger partial charge in [-0.2, -0.15) is 5.10 Å². The van der Waals surface area contributed by atoms with Gasteiger partial charge in [0, 0.05) is 17.6 Å². The van der Waals surface area contributed by atoms with Gasteiger partial charge in [0.2, 0.25) is 0 Å². The van der Waals surface area contributed by atoms with Crippen molar-refractivity contribution in [3.05, 3.63) is 35.7 Å². The average Bonchev–Trinajstić information content (AvgIpc) is 2.87. The van der Waals surface area contributed by atoms with E-state index in [0.717, 1.165) is 11.4 Å². The largest absolute Gasteiger partial charge is 0.478 e. The van der Waals surface area contributed by atoms with Crippen molar-refractivity contribution in [1.82, 2.24) is 14.8 Å². The quantitative estimate of drug-likeness (QED) is 0.786. The third-order valence-electron chi connectivity index (χ3n) is 3.19. The van der Waals surface area contributed by atoms with Crippen LogP contribution in [0.3, 0.4) is 0 Å². The molecule has 0 saturated heterocycles. The Balaban J connectivity index is 2.14. The SMILES string of the molecule is Cc1cccc(-c2nn(COCCS(C)(C)C)cc2C(=O)O)n1. The predicted octanol–water partition coefficient (Wildman–Crippen LogP) is 2.62. The summed E-state index contributed by atoms with van der Waals surface area (Å²) in [6, 6.07) is 5.46. The smallest absolute Gasteiger partial charge is 0.339 e. The standard InChI is InChI=1S/C16H23N3O3S/c1-12-6-5-7-14(17-12)15-13(16(20)21)10-19(18-15)11-22-8-9-23(2,3)4/h5-7,10H,8-9,11H2,1-4H3,(H,20,21). The van der Waals surface area contributed by atoms with E-state index in [1.165, 1.54) is 10.9 Å². The van der Waals surface area contributed by atoms with Crippen LogP contribution in [0.25, 0.3) is 11.4 Å². The maximum Gasteiger partial charge on any atom is 0.339 e. The summed E-state index contributed by atoms with van der Waals surface area (Å²) in [5, 5.41) is 13.7. The van der Waals surface area contributed by atoms with Crippen LogP contribution in [0.4, 0.5) is 0 Å². The highest BCUT2D eigenvalue weighted by molar-refractivity contribution is 8.32. The Kier molecular flexibility index (Phi) is 5.43. The second-order valence-corrected chi connectivity index (χ2v) is 10.8. The lowest BCUT2D eigenvalue weighted by molar-refractivity contribution is 0.0694. The maximum absolute atomic E-state index is 11.4. The Hall–Kier alpha value is -1.86. The molecule has 0 radical (unpaired) electrons. The molecule has 0 unspecified atom stereocenters. The molecule has 0 saturated carbocycles. The van der Waals surface area contributed by atoms with Crippen molar-refractivity contribution >= 4 is 16.0 Å². The molecule has 0 aliphatic heterocycles. The number of carbonyl (C=O) groups is 1. The van der Waals surface area contributed by atoms with E-state index in [9.17, 15) is 9.90 Å². The fourth-order valence-electron chi connectivity index (χ4n) is 1.98. The van der Waals surface area contributed by atoms with Crippen LogP contribution in [-0.4, -0.2) is 57.0 Å². The Labute approximate surface area is 137 Å². The van der Waals surface area contributed by atoms with Crippen LogP contribution < -0.4 is 0 Å². The molecule has 2 rings (SSSR count). The van der Waals surface area contributed by atoms with E-state index in [0.29, 0.717) is 18.0 Å². The van der Waals surface area contributed by atoms with Crippen molar-refractivity contribution in [2.24, 2.45) is 0 Å². The molecular formula is C16H23N3O3S. The molecule has 0 amide bonds. The highest BCUT2D eigenvalue weighted by Gasteiger charge is 2.18. The first-order chi connectivity index (χ1) is 10.8. The zero-order valence-corrected chi connectivity index (χ0v) is 14.8. The lowest BCUT2D eigenvalue weighted by atomic mass is 10.2. The zero-order valence-electron chi connectivity index (χ0n) is 13.9. The summed E-state index contributed by atoms with van der Waals surface area (Å²) < 4.78 is 7.13. The molecule has 7 heteroatoms. The molecule has 0 fully saturated rings. The number of aryl methyl sites for hydroxylation is 1. The summed E-state index contributed by atoms with van der Waals surface area (Å²) in [5.41, 5.74) is 1.87. The zero-order chi connectivity index (χ0) is 17.0. The molecule has 2 heterocycles. The maximum atomic E-state index is 11.4. The van der Waals surface area contributed by atoms with Gasteiger partial charge in [0.1, 0.15) is 18.0 Å². The van der Waals surface area contributed by atoms with E-state index in [-0.39, 0.29) is 12.3 Å². The van der Waals surface area contributed by atoms with Gasteiger partial charge in [0.05, 0.1) is 12.3 Å². The van der Waals surface area contributed by atoms with Gasteiger partial charge in [0.15, 0.2) is 0 Å². The second-order valence-electron chi connectivity index (χ2n) is 6.23. The van der Waals surface area contributed by atoms with Crippen LogP contribution in [0.15, 0.2) is 24.4 Å². The monoisotopic (exact) mass is 337 g/mol. The second kappa shape index (κ2) is 7.14. The average molecular weight is 337 g/mol. The van der Waals surface area contributed by atoms with E-state index in [1.807, 2.05) is 19.1 Å². The molecule has 0 spiro atoms. The summed E-state index contributed by atoms with van der Waals surface area (Å²) >= 11 is 0. The summed E-state index contributed by atoms with van der Waals surface area (Å²) in [5.74, 6) is -0.0134. The molecule has 0 atom stereocenters. The molecule has 6 nitrogen and oxygen atoms in total. The number of carboxylic acid groups (broad SMARTS) is 1. The van der Waals surface area contributed by atoms with Gasteiger partial charge >= 0.3 is 5.97 Å². The summed E-state index contributed by atoms with van der Waals surface area (Å²) in [4.78, 5) is 15.8. The Morgan fingerprint density at radius 1 is 1.35 bits per heavy atom. The molecule has 0 bridgehead atoms. The topological polar surface area (TPSA) is 77.2 Å². The Morgan fingerprint density at radius 3 is 2.70 bits per heavy atom. The molecule has 126 valence electrons. The number of hydrogen-bond acceptors (Lipinski definition) is 4. The predicted molar refractivity (Wildman–Crippen MR) is 93.3 cm³/mol. The first kappa shape index (κ1) is 17.5. The summed E-state index contributed by atoms with van der Waals surface area (Å²) in [6.45, 7) is 2.74. The minimum atomic E-state index is -1.02. The molecular weight excluding hydrogens is 314 g/mol. The van der Waals surface area contributed by atoms with Crippen molar-refractivity contribution < 1.29 is 14.6 Å². The summed E-state index contributed by atoms with van der Waals surface area (Å²) in [7, 11) is -0.601. The fraction of sp³-hybridized carbons (Fsp3) is 0.438. The third kappa shape index (κ3) is 5.07. The lowest BCUT2D eigenvalue weighted by Gasteiger charge is -2.24. The highest BCUT2D eigenvalue weighted by atomic mass is 32.3. The van der Waals surface area contributed by atoms with Crippen LogP contribution in [0.5, 0.6) is 0 Å². The molecule has 23 heavy (non-hydrogen) atoms. The van der Waals surface area contributed by atoms with E-state index in [2.05, 4.69) is 28.8 Å². The normalized spacial score (nSPS) is 12.3. The Bertz CT molecular complexity index is 692. The first-order valence-corrected chi connectivity index (χ1v) is 10.3.